The minimum absolute atomic E-state index is 0.134. The number of pyridine rings is 1. The summed E-state index contributed by atoms with van der Waals surface area (Å²) in [5.41, 5.74) is 1.90. The Morgan fingerprint density at radius 2 is 1.96 bits per heavy atom. The molecule has 148 valence electrons. The van der Waals surface area contributed by atoms with Crippen molar-refractivity contribution in [2.45, 2.75) is 38.0 Å². The maximum Gasteiger partial charge on any atom is 0.259 e. The third kappa shape index (κ3) is 5.15. The number of benzene rings is 1. The first-order valence-electron chi connectivity index (χ1n) is 9.58. The number of hydrogen-bond acceptors (Lipinski definition) is 3. The molecule has 2 heterocycles. The number of nitrogens with one attached hydrogen (secondary N) is 1. The molecule has 1 aliphatic rings. The van der Waals surface area contributed by atoms with Crippen molar-refractivity contribution in [1.29, 1.82) is 0 Å². The number of halogens is 2. The fourth-order valence-electron chi connectivity index (χ4n) is 3.29. The molecule has 1 fully saturated rings. The van der Waals surface area contributed by atoms with E-state index < -0.39 is 5.92 Å². The van der Waals surface area contributed by atoms with Gasteiger partial charge in [0, 0.05) is 37.3 Å². The summed E-state index contributed by atoms with van der Waals surface area (Å²) in [5, 5.41) is 2.86. The first-order valence-corrected chi connectivity index (χ1v) is 9.58. The van der Waals surface area contributed by atoms with E-state index in [0.717, 1.165) is 12.1 Å². The number of anilines is 2. The number of hydrogen-bond donors (Lipinski definition) is 1. The van der Waals surface area contributed by atoms with E-state index in [-0.39, 0.29) is 25.3 Å². The van der Waals surface area contributed by atoms with Gasteiger partial charge >= 0.3 is 0 Å². The van der Waals surface area contributed by atoms with Gasteiger partial charge in [0.15, 0.2) is 0 Å². The highest BCUT2D eigenvalue weighted by atomic mass is 19.3. The molecule has 2 aromatic rings. The van der Waals surface area contributed by atoms with Crippen LogP contribution in [-0.4, -0.2) is 29.9 Å². The second kappa shape index (κ2) is 8.95. The molecule has 1 saturated heterocycles. The zero-order valence-electron chi connectivity index (χ0n) is 15.8. The highest BCUT2D eigenvalue weighted by Gasteiger charge is 2.33. The van der Waals surface area contributed by atoms with E-state index in [0.29, 0.717) is 36.5 Å². The van der Waals surface area contributed by atoms with Crippen molar-refractivity contribution in [3.63, 3.8) is 0 Å². The lowest BCUT2D eigenvalue weighted by molar-refractivity contribution is -0.0102. The lowest BCUT2D eigenvalue weighted by Gasteiger charge is -2.24. The molecule has 0 bridgehead atoms. The third-order valence-corrected chi connectivity index (χ3v) is 4.83. The van der Waals surface area contributed by atoms with Crippen molar-refractivity contribution in [2.24, 2.45) is 0 Å². The van der Waals surface area contributed by atoms with Crippen LogP contribution >= 0.6 is 0 Å². The molecule has 0 spiro atoms. The van der Waals surface area contributed by atoms with Gasteiger partial charge in [-0.1, -0.05) is 24.3 Å². The van der Waals surface area contributed by atoms with Crippen LogP contribution in [0.3, 0.4) is 0 Å². The minimum Gasteiger partial charge on any atom is -0.356 e. The molecule has 1 aliphatic heterocycles. The molecule has 1 aromatic carbocycles. The third-order valence-electron chi connectivity index (χ3n) is 4.83. The number of rotatable bonds is 6. The summed E-state index contributed by atoms with van der Waals surface area (Å²) in [4.78, 5) is 19.4. The molecule has 0 atom stereocenters. The number of alkyl halides is 2. The molecule has 0 radical (unpaired) electrons. The predicted molar refractivity (Wildman–Crippen MR) is 108 cm³/mol. The van der Waals surface area contributed by atoms with Crippen LogP contribution in [0.4, 0.5) is 20.3 Å². The van der Waals surface area contributed by atoms with Crippen molar-refractivity contribution in [1.82, 2.24) is 4.98 Å². The molecule has 6 heteroatoms. The van der Waals surface area contributed by atoms with Gasteiger partial charge in [-0.25, -0.2) is 13.8 Å². The van der Waals surface area contributed by atoms with Crippen LogP contribution in [0.15, 0.2) is 55.1 Å². The number of allylic oxidation sites excluding steroid dienone is 1. The highest BCUT2D eigenvalue weighted by Crippen LogP contribution is 2.31. The van der Waals surface area contributed by atoms with Crippen molar-refractivity contribution >= 4 is 17.4 Å². The number of aromatic nitrogens is 1. The number of para-hydroxylation sites is 1. The van der Waals surface area contributed by atoms with E-state index in [1.165, 1.54) is 0 Å². The van der Waals surface area contributed by atoms with Gasteiger partial charge < -0.3 is 10.2 Å². The summed E-state index contributed by atoms with van der Waals surface area (Å²) in [5.74, 6) is -2.48. The number of carbonyl (C=O) groups is 1. The summed E-state index contributed by atoms with van der Waals surface area (Å²) < 4.78 is 27.6. The number of aryl methyl sites for hydroxylation is 1. The Morgan fingerprint density at radius 3 is 2.71 bits per heavy atom. The lowest BCUT2D eigenvalue weighted by Crippen LogP contribution is -2.29. The lowest BCUT2D eigenvalue weighted by atomic mass is 10.1. The average Bonchev–Trinajstić information content (AvgIpc) is 2.87. The fourth-order valence-corrected chi connectivity index (χ4v) is 3.29. The van der Waals surface area contributed by atoms with E-state index >= 15 is 0 Å². The predicted octanol–water partition coefficient (Wildman–Crippen LogP) is 5.08. The molecule has 4 nitrogen and oxygen atoms in total. The topological polar surface area (TPSA) is 45.2 Å². The van der Waals surface area contributed by atoms with Gasteiger partial charge in [0.1, 0.15) is 5.82 Å². The van der Waals surface area contributed by atoms with Crippen LogP contribution < -0.4 is 10.2 Å². The van der Waals surface area contributed by atoms with Crippen molar-refractivity contribution in [3.05, 3.63) is 66.4 Å². The minimum atomic E-state index is -2.67. The van der Waals surface area contributed by atoms with Gasteiger partial charge in [0.2, 0.25) is 5.92 Å². The maximum absolute atomic E-state index is 13.8. The van der Waals surface area contributed by atoms with Crippen molar-refractivity contribution in [2.75, 3.05) is 23.3 Å². The van der Waals surface area contributed by atoms with Crippen LogP contribution in [0.2, 0.25) is 0 Å². The highest BCUT2D eigenvalue weighted by molar-refractivity contribution is 6.07. The molecule has 0 unspecified atom stereocenters. The monoisotopic (exact) mass is 385 g/mol. The molecule has 1 aromatic heterocycles. The number of carbonyl (C=O) groups excluding carboxylic acids is 1. The standard InChI is InChI=1S/C22H25F2N3O/c1-2-3-8-18-11-12-19(21(28)26-17-9-5-4-6-10-17)20(25-18)27-15-7-13-22(23,24)14-16-27/h2,4-6,9-12H,1,3,7-8,13-16H2,(H,26,28). The van der Waals surface area contributed by atoms with Gasteiger partial charge in [0.05, 0.1) is 5.56 Å². The summed E-state index contributed by atoms with van der Waals surface area (Å²) in [6.07, 6.45) is 3.27. The van der Waals surface area contributed by atoms with Crippen LogP contribution in [0, 0.1) is 0 Å². The van der Waals surface area contributed by atoms with Gasteiger partial charge in [-0.15, -0.1) is 6.58 Å². The van der Waals surface area contributed by atoms with Crippen LogP contribution in [-0.2, 0) is 6.42 Å². The average molecular weight is 385 g/mol. The van der Waals surface area contributed by atoms with Crippen molar-refractivity contribution in [3.8, 4) is 0 Å². The molecular formula is C22H25F2N3O. The van der Waals surface area contributed by atoms with E-state index in [9.17, 15) is 13.6 Å². The first-order chi connectivity index (χ1) is 13.5. The number of nitrogens with zero attached hydrogens (tertiary/aromatic N) is 2. The van der Waals surface area contributed by atoms with Crippen LogP contribution in [0.25, 0.3) is 0 Å². The van der Waals surface area contributed by atoms with E-state index in [1.807, 2.05) is 35.2 Å². The molecule has 28 heavy (non-hydrogen) atoms. The quantitative estimate of drug-likeness (QED) is 0.706. The van der Waals surface area contributed by atoms with E-state index in [4.69, 9.17) is 0 Å². The number of amides is 1. The zero-order valence-corrected chi connectivity index (χ0v) is 15.8. The summed E-state index contributed by atoms with van der Waals surface area (Å²) in [6.45, 7) is 4.36. The van der Waals surface area contributed by atoms with Gasteiger partial charge in [-0.2, -0.15) is 0 Å². The molecule has 0 aliphatic carbocycles. The molecule has 0 saturated carbocycles. The van der Waals surface area contributed by atoms with Crippen molar-refractivity contribution < 1.29 is 13.6 Å². The summed E-state index contributed by atoms with van der Waals surface area (Å²) in [7, 11) is 0. The van der Waals surface area contributed by atoms with Gasteiger partial charge in [0.25, 0.3) is 5.91 Å². The molecule has 3 rings (SSSR count). The zero-order chi connectivity index (χ0) is 20.0. The second-order valence-corrected chi connectivity index (χ2v) is 7.02. The fraction of sp³-hybridized carbons (Fsp3) is 0.364. The molecular weight excluding hydrogens is 360 g/mol. The summed E-state index contributed by atoms with van der Waals surface area (Å²) >= 11 is 0. The second-order valence-electron chi connectivity index (χ2n) is 7.02. The van der Waals surface area contributed by atoms with Gasteiger partial charge in [-0.05, 0) is 43.5 Å². The van der Waals surface area contributed by atoms with Crippen LogP contribution in [0.1, 0.15) is 41.7 Å². The van der Waals surface area contributed by atoms with Crippen LogP contribution in [0.5, 0.6) is 0 Å². The Balaban J connectivity index is 1.89. The van der Waals surface area contributed by atoms with E-state index in [2.05, 4.69) is 16.9 Å². The Morgan fingerprint density at radius 1 is 1.18 bits per heavy atom. The smallest absolute Gasteiger partial charge is 0.259 e. The van der Waals surface area contributed by atoms with Gasteiger partial charge in [-0.3, -0.25) is 4.79 Å². The summed E-state index contributed by atoms with van der Waals surface area (Å²) in [6, 6.07) is 12.7. The Bertz CT molecular complexity index is 824. The largest absolute Gasteiger partial charge is 0.356 e. The Hall–Kier alpha value is -2.76. The normalized spacial score (nSPS) is 16.3. The Labute approximate surface area is 164 Å². The molecule has 1 N–H and O–H groups in total. The van der Waals surface area contributed by atoms with E-state index in [1.54, 1.807) is 18.2 Å². The maximum atomic E-state index is 13.8. The first kappa shape index (κ1) is 20.0. The Kier molecular flexibility index (Phi) is 6.39. The SMILES string of the molecule is C=CCCc1ccc(C(=O)Nc2ccccc2)c(N2CCCC(F)(F)CC2)n1. The molecule has 1 amide bonds.